The highest BCUT2D eigenvalue weighted by molar-refractivity contribution is 6.31. The maximum Gasteiger partial charge on any atom is 0.238 e. The SMILES string of the molecule is CCN(CC(=O)Nc1cc(Cl)ccc1C)CC(=O)Nc1ccccc1OC. The van der Waals surface area contributed by atoms with Crippen molar-refractivity contribution in [2.45, 2.75) is 13.8 Å². The van der Waals surface area contributed by atoms with Crippen LogP contribution < -0.4 is 15.4 Å². The Hall–Kier alpha value is -2.57. The Labute approximate surface area is 164 Å². The Bertz CT molecular complexity index is 811. The number of benzene rings is 2. The summed E-state index contributed by atoms with van der Waals surface area (Å²) in [6.45, 7) is 4.54. The van der Waals surface area contributed by atoms with Gasteiger partial charge in [0.05, 0.1) is 25.9 Å². The number of methoxy groups -OCH3 is 1. The van der Waals surface area contributed by atoms with Gasteiger partial charge in [0.15, 0.2) is 0 Å². The zero-order valence-corrected chi connectivity index (χ0v) is 16.5. The van der Waals surface area contributed by atoms with Crippen LogP contribution in [0.4, 0.5) is 11.4 Å². The van der Waals surface area contributed by atoms with E-state index in [-0.39, 0.29) is 24.9 Å². The summed E-state index contributed by atoms with van der Waals surface area (Å²) in [5.74, 6) is 0.170. The molecule has 2 N–H and O–H groups in total. The third-order valence-corrected chi connectivity index (χ3v) is 4.27. The number of nitrogens with one attached hydrogen (secondary N) is 2. The molecule has 0 aliphatic heterocycles. The third-order valence-electron chi connectivity index (χ3n) is 4.04. The van der Waals surface area contributed by atoms with Crippen LogP contribution in [0, 0.1) is 6.92 Å². The summed E-state index contributed by atoms with van der Waals surface area (Å²) >= 11 is 5.98. The van der Waals surface area contributed by atoms with Gasteiger partial charge in [-0.3, -0.25) is 14.5 Å². The van der Waals surface area contributed by atoms with Gasteiger partial charge in [-0.15, -0.1) is 0 Å². The van der Waals surface area contributed by atoms with Gasteiger partial charge in [-0.1, -0.05) is 36.7 Å². The van der Waals surface area contributed by atoms with E-state index in [1.165, 1.54) is 0 Å². The molecular weight excluding hydrogens is 366 g/mol. The van der Waals surface area contributed by atoms with Crippen LogP contribution in [0.1, 0.15) is 12.5 Å². The van der Waals surface area contributed by atoms with Crippen molar-refractivity contribution in [1.29, 1.82) is 0 Å². The monoisotopic (exact) mass is 389 g/mol. The minimum atomic E-state index is -0.215. The number of nitrogens with zero attached hydrogens (tertiary/aromatic N) is 1. The van der Waals surface area contributed by atoms with Crippen LogP contribution in [0.15, 0.2) is 42.5 Å². The average Bonchev–Trinajstić information content (AvgIpc) is 2.64. The van der Waals surface area contributed by atoms with E-state index in [1.54, 1.807) is 36.3 Å². The lowest BCUT2D eigenvalue weighted by atomic mass is 10.2. The molecule has 0 atom stereocenters. The zero-order chi connectivity index (χ0) is 19.8. The summed E-state index contributed by atoms with van der Waals surface area (Å²) in [7, 11) is 1.55. The van der Waals surface area contributed by atoms with Crippen LogP contribution in [-0.2, 0) is 9.59 Å². The Kier molecular flexibility index (Phi) is 7.64. The summed E-state index contributed by atoms with van der Waals surface area (Å²) < 4.78 is 5.23. The van der Waals surface area contributed by atoms with Gasteiger partial charge in [-0.05, 0) is 43.3 Å². The lowest BCUT2D eigenvalue weighted by Crippen LogP contribution is -2.38. The summed E-state index contributed by atoms with van der Waals surface area (Å²) in [4.78, 5) is 26.4. The number of ether oxygens (including phenoxy) is 1. The Morgan fingerprint density at radius 3 is 2.30 bits per heavy atom. The standard InChI is InChI=1S/C20H24ClN3O3/c1-4-24(12-19(25)22-16-7-5-6-8-18(16)27-3)13-20(26)23-17-11-15(21)10-9-14(17)2/h5-11H,4,12-13H2,1-3H3,(H,22,25)(H,23,26). The van der Waals surface area contributed by atoms with Gasteiger partial charge in [0.25, 0.3) is 0 Å². The number of para-hydroxylation sites is 2. The lowest BCUT2D eigenvalue weighted by molar-refractivity contribution is -0.119. The summed E-state index contributed by atoms with van der Waals surface area (Å²) in [6.07, 6.45) is 0. The van der Waals surface area contributed by atoms with E-state index in [0.29, 0.717) is 28.7 Å². The van der Waals surface area contributed by atoms with E-state index in [9.17, 15) is 9.59 Å². The molecule has 0 spiro atoms. The molecule has 0 saturated heterocycles. The van der Waals surface area contributed by atoms with Gasteiger partial charge in [-0.25, -0.2) is 0 Å². The summed E-state index contributed by atoms with van der Waals surface area (Å²) in [5.41, 5.74) is 2.19. The van der Waals surface area contributed by atoms with Gasteiger partial charge in [0.2, 0.25) is 11.8 Å². The molecule has 0 saturated carbocycles. The van der Waals surface area contributed by atoms with Gasteiger partial charge in [0.1, 0.15) is 5.75 Å². The highest BCUT2D eigenvalue weighted by Gasteiger charge is 2.15. The van der Waals surface area contributed by atoms with Crippen LogP contribution in [0.25, 0.3) is 0 Å². The minimum Gasteiger partial charge on any atom is -0.495 e. The van der Waals surface area contributed by atoms with Gasteiger partial charge in [-0.2, -0.15) is 0 Å². The Morgan fingerprint density at radius 2 is 1.67 bits per heavy atom. The number of anilines is 2. The van der Waals surface area contributed by atoms with Crippen molar-refractivity contribution in [3.05, 3.63) is 53.1 Å². The fraction of sp³-hybridized carbons (Fsp3) is 0.300. The van der Waals surface area contributed by atoms with Gasteiger partial charge >= 0.3 is 0 Å². The van der Waals surface area contributed by atoms with E-state index in [1.807, 2.05) is 32.0 Å². The molecule has 7 heteroatoms. The molecule has 0 radical (unpaired) electrons. The number of halogens is 1. The van der Waals surface area contributed by atoms with Crippen LogP contribution >= 0.6 is 11.6 Å². The maximum atomic E-state index is 12.3. The topological polar surface area (TPSA) is 70.7 Å². The summed E-state index contributed by atoms with van der Waals surface area (Å²) in [6, 6.07) is 12.5. The van der Waals surface area contributed by atoms with E-state index >= 15 is 0 Å². The maximum absolute atomic E-state index is 12.3. The molecule has 0 aliphatic rings. The molecule has 0 fully saturated rings. The smallest absolute Gasteiger partial charge is 0.238 e. The van der Waals surface area contributed by atoms with Crippen molar-refractivity contribution in [2.75, 3.05) is 37.4 Å². The quantitative estimate of drug-likeness (QED) is 0.724. The van der Waals surface area contributed by atoms with Crippen molar-refractivity contribution < 1.29 is 14.3 Å². The molecular formula is C20H24ClN3O3. The fourth-order valence-corrected chi connectivity index (χ4v) is 2.71. The molecule has 2 amide bonds. The number of aryl methyl sites for hydroxylation is 1. The van der Waals surface area contributed by atoms with Crippen LogP contribution in [0.3, 0.4) is 0 Å². The molecule has 0 aliphatic carbocycles. The molecule has 0 unspecified atom stereocenters. The first-order chi connectivity index (χ1) is 12.9. The van der Waals surface area contributed by atoms with Crippen LogP contribution in [0.2, 0.25) is 5.02 Å². The highest BCUT2D eigenvalue weighted by Crippen LogP contribution is 2.23. The van der Waals surface area contributed by atoms with Crippen molar-refractivity contribution in [1.82, 2.24) is 4.90 Å². The van der Waals surface area contributed by atoms with E-state index in [4.69, 9.17) is 16.3 Å². The second kappa shape index (κ2) is 9.94. The number of likely N-dealkylation sites (N-methyl/N-ethyl adjacent to an activating group) is 1. The normalized spacial score (nSPS) is 10.6. The highest BCUT2D eigenvalue weighted by atomic mass is 35.5. The number of carbonyl (C=O) groups is 2. The first kappa shape index (κ1) is 20.7. The van der Waals surface area contributed by atoms with Crippen LogP contribution in [0.5, 0.6) is 5.75 Å². The van der Waals surface area contributed by atoms with Crippen molar-refractivity contribution in [3.8, 4) is 5.75 Å². The summed E-state index contributed by atoms with van der Waals surface area (Å²) in [5, 5.41) is 6.21. The van der Waals surface area contributed by atoms with Crippen molar-refractivity contribution >= 4 is 34.8 Å². The van der Waals surface area contributed by atoms with E-state index in [2.05, 4.69) is 10.6 Å². The molecule has 27 heavy (non-hydrogen) atoms. The third kappa shape index (κ3) is 6.27. The Morgan fingerprint density at radius 1 is 1.04 bits per heavy atom. The molecule has 144 valence electrons. The van der Waals surface area contributed by atoms with Crippen LogP contribution in [-0.4, -0.2) is 43.5 Å². The molecule has 2 aromatic carbocycles. The predicted octanol–water partition coefficient (Wildman–Crippen LogP) is 3.56. The van der Waals surface area contributed by atoms with Gasteiger partial charge < -0.3 is 15.4 Å². The molecule has 0 bridgehead atoms. The second-order valence-electron chi connectivity index (χ2n) is 6.06. The zero-order valence-electron chi connectivity index (χ0n) is 15.7. The second-order valence-corrected chi connectivity index (χ2v) is 6.50. The average molecular weight is 390 g/mol. The number of amides is 2. The molecule has 2 aromatic rings. The van der Waals surface area contributed by atoms with Crippen molar-refractivity contribution in [3.63, 3.8) is 0 Å². The first-order valence-electron chi connectivity index (χ1n) is 8.64. The molecule has 2 rings (SSSR count). The number of hydrogen-bond donors (Lipinski definition) is 2. The first-order valence-corrected chi connectivity index (χ1v) is 9.02. The van der Waals surface area contributed by atoms with E-state index in [0.717, 1.165) is 5.56 Å². The molecule has 6 nitrogen and oxygen atoms in total. The molecule has 0 heterocycles. The van der Waals surface area contributed by atoms with Crippen molar-refractivity contribution in [2.24, 2.45) is 0 Å². The number of hydrogen-bond acceptors (Lipinski definition) is 4. The van der Waals surface area contributed by atoms with Gasteiger partial charge in [0, 0.05) is 10.7 Å². The lowest BCUT2D eigenvalue weighted by Gasteiger charge is -2.20. The predicted molar refractivity (Wildman–Crippen MR) is 109 cm³/mol. The van der Waals surface area contributed by atoms with E-state index < -0.39 is 0 Å². The fourth-order valence-electron chi connectivity index (χ4n) is 2.54. The molecule has 0 aromatic heterocycles. The number of rotatable bonds is 8. The minimum absolute atomic E-state index is 0.0937. The largest absolute Gasteiger partial charge is 0.495 e. The number of carbonyl (C=O) groups excluding carboxylic acids is 2. The Balaban J connectivity index is 1.93.